The number of benzene rings is 2. The fourth-order valence-electron chi connectivity index (χ4n) is 1.96. The van der Waals surface area contributed by atoms with Gasteiger partial charge in [0.1, 0.15) is 0 Å². The van der Waals surface area contributed by atoms with Crippen LogP contribution >= 0.6 is 11.3 Å². The molecule has 0 saturated carbocycles. The maximum absolute atomic E-state index is 5.59. The molecular weight excluding hydrogens is 240 g/mol. The van der Waals surface area contributed by atoms with Crippen LogP contribution in [0.25, 0.3) is 10.2 Å². The van der Waals surface area contributed by atoms with E-state index in [-0.39, 0.29) is 0 Å². The van der Waals surface area contributed by atoms with Crippen LogP contribution in [-0.2, 0) is 13.0 Å². The fraction of sp³-hybridized carbons (Fsp3) is 0.133. The number of hydrogen-bond acceptors (Lipinski definition) is 3. The number of nitrogens with two attached hydrogens (primary N) is 1. The molecular formula is C15H14N2S. The lowest BCUT2D eigenvalue weighted by Gasteiger charge is -2.00. The fourth-order valence-corrected chi connectivity index (χ4v) is 2.96. The van der Waals surface area contributed by atoms with Gasteiger partial charge < -0.3 is 5.73 Å². The highest BCUT2D eigenvalue weighted by atomic mass is 32.1. The number of rotatable bonds is 3. The monoisotopic (exact) mass is 254 g/mol. The van der Waals surface area contributed by atoms with E-state index in [1.807, 2.05) is 6.07 Å². The molecule has 2 N–H and O–H groups in total. The molecule has 0 atom stereocenters. The molecule has 0 aliphatic rings. The molecule has 0 spiro atoms. The summed E-state index contributed by atoms with van der Waals surface area (Å²) < 4.78 is 1.26. The van der Waals surface area contributed by atoms with Gasteiger partial charge in [0, 0.05) is 13.0 Å². The Morgan fingerprint density at radius 2 is 1.67 bits per heavy atom. The van der Waals surface area contributed by atoms with Gasteiger partial charge in [-0.1, -0.05) is 36.4 Å². The molecule has 0 fully saturated rings. The van der Waals surface area contributed by atoms with E-state index < -0.39 is 0 Å². The summed E-state index contributed by atoms with van der Waals surface area (Å²) in [4.78, 5) is 4.64. The van der Waals surface area contributed by atoms with Crippen LogP contribution in [0.1, 0.15) is 16.1 Å². The number of nitrogens with zero attached hydrogens (tertiary/aromatic N) is 1. The molecule has 0 unspecified atom stereocenters. The van der Waals surface area contributed by atoms with Crippen LogP contribution in [0.4, 0.5) is 0 Å². The highest BCUT2D eigenvalue weighted by Crippen LogP contribution is 2.23. The SMILES string of the molecule is NCc1ccc(Cc2nc3ccccc3s2)cc1. The first-order chi connectivity index (χ1) is 8.85. The molecule has 1 heterocycles. The first-order valence-electron chi connectivity index (χ1n) is 5.97. The minimum absolute atomic E-state index is 0.599. The standard InChI is InChI=1S/C15H14N2S/c16-10-12-7-5-11(6-8-12)9-15-17-13-3-1-2-4-14(13)18-15/h1-8H,9-10,16H2. The van der Waals surface area contributed by atoms with Gasteiger partial charge in [-0.3, -0.25) is 0 Å². The van der Waals surface area contributed by atoms with E-state index >= 15 is 0 Å². The summed E-state index contributed by atoms with van der Waals surface area (Å²) in [6, 6.07) is 16.7. The third-order valence-electron chi connectivity index (χ3n) is 2.95. The predicted octanol–water partition coefficient (Wildman–Crippen LogP) is 3.35. The zero-order chi connectivity index (χ0) is 12.4. The predicted molar refractivity (Wildman–Crippen MR) is 76.8 cm³/mol. The Morgan fingerprint density at radius 3 is 2.39 bits per heavy atom. The highest BCUT2D eigenvalue weighted by molar-refractivity contribution is 7.18. The number of fused-ring (bicyclic) bond motifs is 1. The third kappa shape index (κ3) is 2.28. The van der Waals surface area contributed by atoms with Gasteiger partial charge >= 0.3 is 0 Å². The molecule has 0 aliphatic carbocycles. The minimum atomic E-state index is 0.599. The quantitative estimate of drug-likeness (QED) is 0.778. The van der Waals surface area contributed by atoms with Crippen LogP contribution < -0.4 is 5.73 Å². The average Bonchev–Trinajstić information content (AvgIpc) is 2.82. The normalized spacial score (nSPS) is 10.9. The van der Waals surface area contributed by atoms with E-state index in [0.717, 1.165) is 16.9 Å². The summed E-state index contributed by atoms with van der Waals surface area (Å²) >= 11 is 1.77. The molecule has 0 amide bonds. The van der Waals surface area contributed by atoms with Crippen LogP contribution in [0.5, 0.6) is 0 Å². The molecule has 0 saturated heterocycles. The largest absolute Gasteiger partial charge is 0.326 e. The molecule has 0 aliphatic heterocycles. The van der Waals surface area contributed by atoms with E-state index in [1.54, 1.807) is 11.3 Å². The number of para-hydroxylation sites is 1. The van der Waals surface area contributed by atoms with E-state index in [2.05, 4.69) is 47.4 Å². The second-order valence-corrected chi connectivity index (χ2v) is 5.39. The molecule has 90 valence electrons. The van der Waals surface area contributed by atoms with Gasteiger partial charge in [0.05, 0.1) is 15.2 Å². The summed E-state index contributed by atoms with van der Waals surface area (Å²) in [5.74, 6) is 0. The van der Waals surface area contributed by atoms with Crippen molar-refractivity contribution in [3.8, 4) is 0 Å². The van der Waals surface area contributed by atoms with Crippen molar-refractivity contribution in [2.75, 3.05) is 0 Å². The summed E-state index contributed by atoms with van der Waals surface area (Å²) in [5.41, 5.74) is 9.14. The van der Waals surface area contributed by atoms with Crippen molar-refractivity contribution in [2.24, 2.45) is 5.73 Å². The van der Waals surface area contributed by atoms with Gasteiger partial charge in [-0.2, -0.15) is 0 Å². The second-order valence-electron chi connectivity index (χ2n) is 4.27. The van der Waals surface area contributed by atoms with Gasteiger partial charge in [-0.15, -0.1) is 11.3 Å². The van der Waals surface area contributed by atoms with Crippen LogP contribution in [-0.4, -0.2) is 4.98 Å². The maximum Gasteiger partial charge on any atom is 0.0982 e. The average molecular weight is 254 g/mol. The zero-order valence-corrected chi connectivity index (χ0v) is 10.8. The second kappa shape index (κ2) is 4.88. The Balaban J connectivity index is 1.86. The van der Waals surface area contributed by atoms with Crippen molar-refractivity contribution >= 4 is 21.6 Å². The Kier molecular flexibility index (Phi) is 3.09. The zero-order valence-electron chi connectivity index (χ0n) is 9.97. The van der Waals surface area contributed by atoms with Gasteiger partial charge in [-0.05, 0) is 23.3 Å². The van der Waals surface area contributed by atoms with Crippen molar-refractivity contribution in [2.45, 2.75) is 13.0 Å². The molecule has 2 aromatic carbocycles. The molecule has 1 aromatic heterocycles. The smallest absolute Gasteiger partial charge is 0.0982 e. The van der Waals surface area contributed by atoms with E-state index in [0.29, 0.717) is 6.54 Å². The lowest BCUT2D eigenvalue weighted by molar-refractivity contribution is 1.06. The van der Waals surface area contributed by atoms with Crippen molar-refractivity contribution in [1.29, 1.82) is 0 Å². The van der Waals surface area contributed by atoms with Crippen molar-refractivity contribution in [3.05, 3.63) is 64.7 Å². The number of aromatic nitrogens is 1. The van der Waals surface area contributed by atoms with Crippen molar-refractivity contribution in [3.63, 3.8) is 0 Å². The third-order valence-corrected chi connectivity index (χ3v) is 3.99. The van der Waals surface area contributed by atoms with Gasteiger partial charge in [0.2, 0.25) is 0 Å². The topological polar surface area (TPSA) is 38.9 Å². The summed E-state index contributed by atoms with van der Waals surface area (Å²) in [5, 5.41) is 1.16. The lowest BCUT2D eigenvalue weighted by atomic mass is 10.1. The van der Waals surface area contributed by atoms with Crippen molar-refractivity contribution < 1.29 is 0 Å². The minimum Gasteiger partial charge on any atom is -0.326 e. The summed E-state index contributed by atoms with van der Waals surface area (Å²) in [7, 11) is 0. The van der Waals surface area contributed by atoms with Gasteiger partial charge in [0.15, 0.2) is 0 Å². The Labute approximate surface area is 110 Å². The molecule has 3 aromatic rings. The summed E-state index contributed by atoms with van der Waals surface area (Å²) in [6.07, 6.45) is 0.893. The number of hydrogen-bond donors (Lipinski definition) is 1. The molecule has 0 bridgehead atoms. The molecule has 2 nitrogen and oxygen atoms in total. The highest BCUT2D eigenvalue weighted by Gasteiger charge is 2.04. The molecule has 0 radical (unpaired) electrons. The van der Waals surface area contributed by atoms with Crippen LogP contribution in [0, 0.1) is 0 Å². The summed E-state index contributed by atoms with van der Waals surface area (Å²) in [6.45, 7) is 0.599. The van der Waals surface area contributed by atoms with Gasteiger partial charge in [0.25, 0.3) is 0 Å². The first-order valence-corrected chi connectivity index (χ1v) is 6.79. The maximum atomic E-state index is 5.59. The van der Waals surface area contributed by atoms with E-state index in [9.17, 15) is 0 Å². The van der Waals surface area contributed by atoms with Gasteiger partial charge in [-0.25, -0.2) is 4.98 Å². The number of thiazole rings is 1. The van der Waals surface area contributed by atoms with E-state index in [4.69, 9.17) is 5.73 Å². The van der Waals surface area contributed by atoms with Crippen LogP contribution in [0.2, 0.25) is 0 Å². The Bertz CT molecular complexity index is 623. The van der Waals surface area contributed by atoms with Crippen LogP contribution in [0.15, 0.2) is 48.5 Å². The first kappa shape index (κ1) is 11.4. The van der Waals surface area contributed by atoms with Crippen molar-refractivity contribution in [1.82, 2.24) is 4.98 Å². The Hall–Kier alpha value is -1.71. The van der Waals surface area contributed by atoms with Crippen LogP contribution in [0.3, 0.4) is 0 Å². The molecule has 3 rings (SSSR count). The Morgan fingerprint density at radius 1 is 0.944 bits per heavy atom. The molecule has 18 heavy (non-hydrogen) atoms. The lowest BCUT2D eigenvalue weighted by Crippen LogP contribution is -1.96. The van der Waals surface area contributed by atoms with E-state index in [1.165, 1.54) is 15.8 Å². The molecule has 3 heteroatoms.